The van der Waals surface area contributed by atoms with E-state index in [4.69, 9.17) is 14.2 Å². The quantitative estimate of drug-likeness (QED) is 0.650. The van der Waals surface area contributed by atoms with Gasteiger partial charge in [-0.25, -0.2) is 0 Å². The molecule has 1 amide bonds. The van der Waals surface area contributed by atoms with Crippen molar-refractivity contribution >= 4 is 5.91 Å². The fourth-order valence-electron chi connectivity index (χ4n) is 2.60. The fraction of sp³-hybridized carbons (Fsp3) is 0.500. The normalized spacial score (nSPS) is 21.0. The van der Waals surface area contributed by atoms with Crippen molar-refractivity contribution in [2.45, 2.75) is 24.9 Å². The van der Waals surface area contributed by atoms with Crippen molar-refractivity contribution in [2.24, 2.45) is 0 Å². The number of piperidine rings is 1. The molecule has 1 fully saturated rings. The molecule has 0 aliphatic carbocycles. The van der Waals surface area contributed by atoms with E-state index in [2.05, 4.69) is 5.32 Å². The molecule has 0 aromatic heterocycles. The summed E-state index contributed by atoms with van der Waals surface area (Å²) >= 11 is 0. The number of rotatable bonds is 5. The van der Waals surface area contributed by atoms with Gasteiger partial charge in [-0.2, -0.15) is 0 Å². The van der Waals surface area contributed by atoms with Crippen LogP contribution >= 0.6 is 0 Å². The second-order valence-electron chi connectivity index (χ2n) is 4.89. The highest BCUT2D eigenvalue weighted by atomic mass is 16.6. The Bertz CT molecular complexity index is 589. The Hall–Kier alpha value is -2.51. The monoisotopic (exact) mass is 310 g/mol. The van der Waals surface area contributed by atoms with Crippen molar-refractivity contribution in [3.05, 3.63) is 27.8 Å². The summed E-state index contributed by atoms with van der Waals surface area (Å²) in [7, 11) is 4.41. The number of carbonyl (C=O) groups is 1. The maximum atomic E-state index is 11.7. The summed E-state index contributed by atoms with van der Waals surface area (Å²) in [6, 6.07) is 1.51. The van der Waals surface area contributed by atoms with Gasteiger partial charge >= 0.3 is 0 Å². The van der Waals surface area contributed by atoms with Crippen LogP contribution in [0.25, 0.3) is 0 Å². The molecule has 0 radical (unpaired) electrons. The summed E-state index contributed by atoms with van der Waals surface area (Å²) < 4.78 is 15.7. The molecule has 1 N–H and O–H groups in total. The molecule has 1 aliphatic rings. The molecule has 1 aromatic carbocycles. The average Bonchev–Trinajstić information content (AvgIpc) is 2.52. The molecule has 0 bridgehead atoms. The van der Waals surface area contributed by atoms with Gasteiger partial charge in [0.2, 0.25) is 11.9 Å². The van der Waals surface area contributed by atoms with E-state index in [0.29, 0.717) is 22.8 Å². The van der Waals surface area contributed by atoms with Crippen LogP contribution in [0.15, 0.2) is 12.1 Å². The lowest BCUT2D eigenvalue weighted by Gasteiger charge is -2.28. The first-order valence-corrected chi connectivity index (χ1v) is 6.74. The first-order valence-electron chi connectivity index (χ1n) is 6.74. The molecule has 1 saturated heterocycles. The zero-order valence-corrected chi connectivity index (χ0v) is 12.6. The lowest BCUT2D eigenvalue weighted by molar-refractivity contribution is -0.529. The summed E-state index contributed by atoms with van der Waals surface area (Å²) in [5.41, 5.74) is 0.495. The zero-order valence-electron chi connectivity index (χ0n) is 12.6. The molecular formula is C14H18N2O6. The first kappa shape index (κ1) is 15.9. The molecule has 0 spiro atoms. The van der Waals surface area contributed by atoms with E-state index in [0.717, 1.165) is 0 Å². The van der Waals surface area contributed by atoms with Gasteiger partial charge in [-0.1, -0.05) is 0 Å². The summed E-state index contributed by atoms with van der Waals surface area (Å²) in [5.74, 6) is 1.04. The Morgan fingerprint density at radius 1 is 1.14 bits per heavy atom. The van der Waals surface area contributed by atoms with Gasteiger partial charge in [0.05, 0.1) is 21.3 Å². The van der Waals surface area contributed by atoms with Crippen LogP contribution in [0.3, 0.4) is 0 Å². The van der Waals surface area contributed by atoms with Crippen LogP contribution in [-0.2, 0) is 4.79 Å². The minimum Gasteiger partial charge on any atom is -0.496 e. The number of hydrogen-bond acceptors (Lipinski definition) is 6. The average molecular weight is 310 g/mol. The summed E-state index contributed by atoms with van der Waals surface area (Å²) in [6.45, 7) is 0. The second kappa shape index (κ2) is 6.50. The summed E-state index contributed by atoms with van der Waals surface area (Å²) in [6.07, 6.45) is 0.318. The predicted molar refractivity (Wildman–Crippen MR) is 77.0 cm³/mol. The number of nitrogens with one attached hydrogen (secondary N) is 1. The number of nitrogens with zero attached hydrogens (tertiary/aromatic N) is 1. The highest BCUT2D eigenvalue weighted by Gasteiger charge is 2.40. The highest BCUT2D eigenvalue weighted by molar-refractivity contribution is 5.77. The lowest BCUT2D eigenvalue weighted by Crippen LogP contribution is -2.45. The van der Waals surface area contributed by atoms with Crippen LogP contribution in [0.2, 0.25) is 0 Å². The number of nitro groups is 1. The number of hydrogen-bond donors (Lipinski definition) is 1. The number of ether oxygens (including phenoxy) is 3. The van der Waals surface area contributed by atoms with E-state index < -0.39 is 12.1 Å². The van der Waals surface area contributed by atoms with Crippen molar-refractivity contribution in [2.75, 3.05) is 21.3 Å². The molecule has 0 saturated carbocycles. The topological polar surface area (TPSA) is 99.9 Å². The van der Waals surface area contributed by atoms with Gasteiger partial charge in [0.1, 0.15) is 11.8 Å². The van der Waals surface area contributed by atoms with Gasteiger partial charge in [-0.15, -0.1) is 0 Å². The van der Waals surface area contributed by atoms with Crippen molar-refractivity contribution < 1.29 is 23.9 Å². The second-order valence-corrected chi connectivity index (χ2v) is 4.89. The number of benzene rings is 1. The van der Waals surface area contributed by atoms with E-state index in [1.807, 2.05) is 0 Å². The molecule has 22 heavy (non-hydrogen) atoms. The van der Waals surface area contributed by atoms with Crippen LogP contribution in [0.5, 0.6) is 17.2 Å². The molecule has 8 nitrogen and oxygen atoms in total. The SMILES string of the molecule is COc1cc(OC)c([C@@H]2NC(=O)CC[C@@H]2[N+](=O)[O-])cc1OC. The first-order chi connectivity index (χ1) is 10.5. The Labute approximate surface area is 127 Å². The van der Waals surface area contributed by atoms with Crippen molar-refractivity contribution in [3.63, 3.8) is 0 Å². The number of carbonyl (C=O) groups excluding carboxylic acids is 1. The van der Waals surface area contributed by atoms with Gasteiger partial charge < -0.3 is 19.5 Å². The van der Waals surface area contributed by atoms with Gasteiger partial charge in [-0.05, 0) is 6.07 Å². The Morgan fingerprint density at radius 2 is 1.73 bits per heavy atom. The Balaban J connectivity index is 2.52. The molecule has 2 atom stereocenters. The standard InChI is InChI=1S/C14H18N2O6/c1-20-10-7-12(22-3)11(21-2)6-8(10)14-9(16(18)19)4-5-13(17)15-14/h6-7,9,14H,4-5H2,1-3H3,(H,15,17)/t9-,14-/m0/s1. The van der Waals surface area contributed by atoms with Crippen molar-refractivity contribution in [1.82, 2.24) is 5.32 Å². The zero-order chi connectivity index (χ0) is 16.3. The molecule has 1 heterocycles. The minimum atomic E-state index is -0.912. The summed E-state index contributed by atoms with van der Waals surface area (Å²) in [5, 5.41) is 14.0. The third-order valence-electron chi connectivity index (χ3n) is 3.71. The van der Waals surface area contributed by atoms with E-state index in [1.165, 1.54) is 21.3 Å². The third-order valence-corrected chi connectivity index (χ3v) is 3.71. The smallest absolute Gasteiger partial charge is 0.237 e. The molecule has 2 rings (SSSR count). The highest BCUT2D eigenvalue weighted by Crippen LogP contribution is 2.40. The molecular weight excluding hydrogens is 292 g/mol. The fourth-order valence-corrected chi connectivity index (χ4v) is 2.60. The van der Waals surface area contributed by atoms with E-state index in [-0.39, 0.29) is 23.7 Å². The molecule has 120 valence electrons. The maximum absolute atomic E-state index is 11.7. The number of methoxy groups -OCH3 is 3. The largest absolute Gasteiger partial charge is 0.496 e. The van der Waals surface area contributed by atoms with E-state index in [9.17, 15) is 14.9 Å². The number of amides is 1. The maximum Gasteiger partial charge on any atom is 0.237 e. The molecule has 1 aromatic rings. The molecule has 8 heteroatoms. The molecule has 1 aliphatic heterocycles. The van der Waals surface area contributed by atoms with Crippen molar-refractivity contribution in [3.8, 4) is 17.2 Å². The van der Waals surface area contributed by atoms with Crippen LogP contribution in [0.4, 0.5) is 0 Å². The Morgan fingerprint density at radius 3 is 2.27 bits per heavy atom. The third kappa shape index (κ3) is 2.90. The van der Waals surface area contributed by atoms with E-state index >= 15 is 0 Å². The summed E-state index contributed by atoms with van der Waals surface area (Å²) in [4.78, 5) is 22.6. The van der Waals surface area contributed by atoms with Gasteiger partial charge in [-0.3, -0.25) is 14.9 Å². The molecule has 0 unspecified atom stereocenters. The van der Waals surface area contributed by atoms with Crippen LogP contribution < -0.4 is 19.5 Å². The van der Waals surface area contributed by atoms with Crippen molar-refractivity contribution in [1.29, 1.82) is 0 Å². The Kier molecular flexibility index (Phi) is 4.69. The predicted octanol–water partition coefficient (Wildman–Crippen LogP) is 1.31. The lowest BCUT2D eigenvalue weighted by atomic mass is 9.91. The van der Waals surface area contributed by atoms with Gasteiger partial charge in [0, 0.05) is 29.4 Å². The van der Waals surface area contributed by atoms with Gasteiger partial charge in [0.15, 0.2) is 11.5 Å². The minimum absolute atomic E-state index is 0.137. The van der Waals surface area contributed by atoms with Crippen LogP contribution in [0, 0.1) is 10.1 Å². The van der Waals surface area contributed by atoms with E-state index in [1.54, 1.807) is 12.1 Å². The van der Waals surface area contributed by atoms with Crippen LogP contribution in [0.1, 0.15) is 24.4 Å². The van der Waals surface area contributed by atoms with Crippen LogP contribution in [-0.4, -0.2) is 38.2 Å². The van der Waals surface area contributed by atoms with Gasteiger partial charge in [0.25, 0.3) is 0 Å².